The van der Waals surface area contributed by atoms with E-state index >= 15 is 0 Å². The Morgan fingerprint density at radius 2 is 2.20 bits per heavy atom. The first kappa shape index (κ1) is 17.1. The average molecular weight is 355 g/mol. The van der Waals surface area contributed by atoms with Crippen LogP contribution in [0, 0.1) is 11.3 Å². The fraction of sp³-hybridized carbons (Fsp3) is 0.278. The quantitative estimate of drug-likeness (QED) is 0.836. The van der Waals surface area contributed by atoms with Gasteiger partial charge in [-0.05, 0) is 25.3 Å². The Balaban J connectivity index is 2.00. The molecule has 6 nitrogen and oxygen atoms in total. The number of rotatable bonds is 2. The lowest BCUT2D eigenvalue weighted by molar-refractivity contribution is 0.0643. The molecule has 0 aliphatic carbocycles. The van der Waals surface area contributed by atoms with Gasteiger partial charge in [0, 0.05) is 5.56 Å². The summed E-state index contributed by atoms with van der Waals surface area (Å²) < 4.78 is 5.75. The van der Waals surface area contributed by atoms with Crippen molar-refractivity contribution < 1.29 is 9.53 Å². The number of benzene rings is 1. The molecule has 1 N–H and O–H groups in total. The minimum absolute atomic E-state index is 0.0272. The Morgan fingerprint density at radius 3 is 2.92 bits per heavy atom. The van der Waals surface area contributed by atoms with E-state index in [0.29, 0.717) is 18.2 Å². The standard InChI is InChI=1S/C18H17N3O3S/c1-11-10-24-15-6-4-3-5-12(15)9-21(11)18(23)14-7-13(8-19)17(25-2)20-16(14)22/h3-7,11H,9-10H2,1-2H3,(H,20,22). The molecule has 0 saturated heterocycles. The van der Waals surface area contributed by atoms with Crippen molar-refractivity contribution >= 4 is 17.7 Å². The van der Waals surface area contributed by atoms with E-state index in [2.05, 4.69) is 4.98 Å². The van der Waals surface area contributed by atoms with Gasteiger partial charge in [0.25, 0.3) is 11.5 Å². The summed E-state index contributed by atoms with van der Waals surface area (Å²) >= 11 is 1.26. The predicted molar refractivity (Wildman–Crippen MR) is 94.8 cm³/mol. The molecule has 0 radical (unpaired) electrons. The molecule has 1 atom stereocenters. The highest BCUT2D eigenvalue weighted by Crippen LogP contribution is 2.26. The number of pyridine rings is 1. The maximum absolute atomic E-state index is 13.0. The molecule has 128 valence electrons. The van der Waals surface area contributed by atoms with E-state index in [1.807, 2.05) is 37.3 Å². The third kappa shape index (κ3) is 3.26. The Labute approximate surface area is 149 Å². The van der Waals surface area contributed by atoms with Crippen LogP contribution >= 0.6 is 11.8 Å². The van der Waals surface area contributed by atoms with Crippen molar-refractivity contribution in [1.29, 1.82) is 5.26 Å². The van der Waals surface area contributed by atoms with Crippen LogP contribution in [0.1, 0.15) is 28.4 Å². The molecule has 1 aliphatic rings. The summed E-state index contributed by atoms with van der Waals surface area (Å²) in [7, 11) is 0. The van der Waals surface area contributed by atoms with Crippen LogP contribution in [0.2, 0.25) is 0 Å². The second kappa shape index (κ2) is 7.03. The molecular weight excluding hydrogens is 338 g/mol. The van der Waals surface area contributed by atoms with Crippen molar-refractivity contribution in [2.75, 3.05) is 12.9 Å². The van der Waals surface area contributed by atoms with Crippen molar-refractivity contribution in [2.45, 2.75) is 24.5 Å². The first-order chi connectivity index (χ1) is 12.0. The molecule has 0 spiro atoms. The molecule has 1 aromatic carbocycles. The summed E-state index contributed by atoms with van der Waals surface area (Å²) in [6.45, 7) is 2.57. The number of hydrogen-bond acceptors (Lipinski definition) is 5. The largest absolute Gasteiger partial charge is 0.491 e. The molecule has 1 aromatic heterocycles. The number of ether oxygens (including phenoxy) is 1. The number of fused-ring (bicyclic) bond motifs is 1. The van der Waals surface area contributed by atoms with Gasteiger partial charge in [0.05, 0.1) is 23.2 Å². The van der Waals surface area contributed by atoms with Gasteiger partial charge < -0.3 is 14.6 Å². The fourth-order valence-electron chi connectivity index (χ4n) is 2.76. The van der Waals surface area contributed by atoms with Gasteiger partial charge in [0.15, 0.2) is 0 Å². The van der Waals surface area contributed by atoms with Gasteiger partial charge in [-0.3, -0.25) is 9.59 Å². The zero-order chi connectivity index (χ0) is 18.0. The number of carbonyl (C=O) groups is 1. The van der Waals surface area contributed by atoms with E-state index in [4.69, 9.17) is 4.74 Å². The van der Waals surface area contributed by atoms with Crippen molar-refractivity contribution in [3.05, 3.63) is 57.4 Å². The fourth-order valence-corrected chi connectivity index (χ4v) is 3.28. The van der Waals surface area contributed by atoms with Gasteiger partial charge in [0.2, 0.25) is 0 Å². The summed E-state index contributed by atoms with van der Waals surface area (Å²) in [5, 5.41) is 9.71. The zero-order valence-corrected chi connectivity index (χ0v) is 14.7. The Morgan fingerprint density at radius 1 is 1.44 bits per heavy atom. The second-order valence-corrected chi connectivity index (χ2v) is 6.59. The van der Waals surface area contributed by atoms with Crippen LogP contribution in [-0.4, -0.2) is 34.7 Å². The van der Waals surface area contributed by atoms with Crippen LogP contribution in [0.5, 0.6) is 5.75 Å². The number of nitrogens with one attached hydrogen (secondary N) is 1. The topological polar surface area (TPSA) is 86.2 Å². The summed E-state index contributed by atoms with van der Waals surface area (Å²) in [6.07, 6.45) is 1.76. The molecule has 1 amide bonds. The van der Waals surface area contributed by atoms with Crippen LogP contribution in [-0.2, 0) is 6.54 Å². The normalized spacial score (nSPS) is 16.4. The highest BCUT2D eigenvalue weighted by Gasteiger charge is 2.28. The number of aromatic amines is 1. The van der Waals surface area contributed by atoms with Crippen molar-refractivity contribution in [3.8, 4) is 11.8 Å². The third-order valence-corrected chi connectivity index (χ3v) is 4.88. The number of nitrogens with zero attached hydrogens (tertiary/aromatic N) is 2. The molecule has 3 rings (SSSR count). The van der Waals surface area contributed by atoms with Crippen LogP contribution in [0.25, 0.3) is 0 Å². The van der Waals surface area contributed by atoms with Gasteiger partial charge in [-0.2, -0.15) is 5.26 Å². The molecule has 25 heavy (non-hydrogen) atoms. The van der Waals surface area contributed by atoms with Crippen molar-refractivity contribution in [3.63, 3.8) is 0 Å². The second-order valence-electron chi connectivity index (χ2n) is 5.77. The van der Waals surface area contributed by atoms with Gasteiger partial charge in [-0.1, -0.05) is 18.2 Å². The van der Waals surface area contributed by atoms with Crippen LogP contribution in [0.15, 0.2) is 40.2 Å². The highest BCUT2D eigenvalue weighted by atomic mass is 32.2. The first-order valence-corrected chi connectivity index (χ1v) is 9.00. The summed E-state index contributed by atoms with van der Waals surface area (Å²) in [4.78, 5) is 29.6. The third-order valence-electron chi connectivity index (χ3n) is 4.15. The maximum atomic E-state index is 13.0. The Bertz CT molecular complexity index is 917. The number of hydrogen-bond donors (Lipinski definition) is 1. The molecule has 7 heteroatoms. The molecule has 0 fully saturated rings. The lowest BCUT2D eigenvalue weighted by Gasteiger charge is -2.26. The van der Waals surface area contributed by atoms with Gasteiger partial charge in [0.1, 0.15) is 24.0 Å². The SMILES string of the molecule is CSc1[nH]c(=O)c(C(=O)N2Cc3ccccc3OCC2C)cc1C#N. The summed E-state index contributed by atoms with van der Waals surface area (Å²) in [5.74, 6) is 0.340. The van der Waals surface area contributed by atoms with E-state index in [0.717, 1.165) is 11.3 Å². The Kier molecular flexibility index (Phi) is 4.81. The lowest BCUT2D eigenvalue weighted by Crippen LogP contribution is -2.42. The number of thioether (sulfide) groups is 1. The van der Waals surface area contributed by atoms with Crippen LogP contribution < -0.4 is 10.3 Å². The smallest absolute Gasteiger partial charge is 0.261 e. The molecule has 0 bridgehead atoms. The van der Waals surface area contributed by atoms with Gasteiger partial charge in [-0.15, -0.1) is 11.8 Å². The molecular formula is C18H17N3O3S. The summed E-state index contributed by atoms with van der Waals surface area (Å²) in [6, 6.07) is 10.7. The zero-order valence-electron chi connectivity index (χ0n) is 13.9. The average Bonchev–Trinajstić information content (AvgIpc) is 2.80. The number of amides is 1. The highest BCUT2D eigenvalue weighted by molar-refractivity contribution is 7.98. The number of para-hydroxylation sites is 1. The van der Waals surface area contributed by atoms with E-state index in [1.54, 1.807) is 11.2 Å². The molecule has 1 aliphatic heterocycles. The predicted octanol–water partition coefficient (Wildman–Crippen LogP) is 2.39. The Hall–Kier alpha value is -2.72. The van der Waals surface area contributed by atoms with Crippen LogP contribution in [0.3, 0.4) is 0 Å². The number of H-pyrrole nitrogens is 1. The van der Waals surface area contributed by atoms with E-state index in [1.165, 1.54) is 17.8 Å². The minimum atomic E-state index is -0.487. The number of aromatic nitrogens is 1. The minimum Gasteiger partial charge on any atom is -0.491 e. The van der Waals surface area contributed by atoms with E-state index < -0.39 is 11.5 Å². The molecule has 2 aromatic rings. The molecule has 0 saturated carbocycles. The number of nitriles is 1. The van der Waals surface area contributed by atoms with Crippen LogP contribution in [0.4, 0.5) is 0 Å². The van der Waals surface area contributed by atoms with Gasteiger partial charge >= 0.3 is 0 Å². The molecule has 1 unspecified atom stereocenters. The van der Waals surface area contributed by atoms with E-state index in [-0.39, 0.29) is 17.2 Å². The van der Waals surface area contributed by atoms with Gasteiger partial charge in [-0.25, -0.2) is 0 Å². The maximum Gasteiger partial charge on any atom is 0.261 e. The van der Waals surface area contributed by atoms with E-state index in [9.17, 15) is 14.9 Å². The monoisotopic (exact) mass is 355 g/mol. The number of carbonyl (C=O) groups excluding carboxylic acids is 1. The first-order valence-electron chi connectivity index (χ1n) is 7.78. The molecule has 2 heterocycles. The lowest BCUT2D eigenvalue weighted by atomic mass is 10.1. The van der Waals surface area contributed by atoms with Crippen molar-refractivity contribution in [1.82, 2.24) is 9.88 Å². The summed E-state index contributed by atoms with van der Waals surface area (Å²) in [5.41, 5.74) is 0.659. The van der Waals surface area contributed by atoms with Crippen molar-refractivity contribution in [2.24, 2.45) is 0 Å².